The molecule has 1 spiro atoms. The van der Waals surface area contributed by atoms with Gasteiger partial charge in [-0.2, -0.15) is 0 Å². The van der Waals surface area contributed by atoms with Crippen LogP contribution in [0.3, 0.4) is 0 Å². The lowest BCUT2D eigenvalue weighted by molar-refractivity contribution is -0.127. The molecule has 2 rings (SSSR count). The van der Waals surface area contributed by atoms with E-state index in [4.69, 9.17) is 0 Å². The molecule has 0 aromatic carbocycles. The van der Waals surface area contributed by atoms with E-state index in [1.54, 1.807) is 0 Å². The highest BCUT2D eigenvalue weighted by Crippen LogP contribution is 2.45. The summed E-state index contributed by atoms with van der Waals surface area (Å²) in [7, 11) is 0. The minimum absolute atomic E-state index is 0.0689. The Kier molecular flexibility index (Phi) is 1.44. The minimum Gasteiger partial charge on any atom is -0.353 e. The first-order valence-electron chi connectivity index (χ1n) is 4.54. The highest BCUT2D eigenvalue weighted by Gasteiger charge is 2.46. The van der Waals surface area contributed by atoms with Gasteiger partial charge in [0.1, 0.15) is 0 Å². The van der Waals surface area contributed by atoms with Crippen molar-refractivity contribution < 1.29 is 4.79 Å². The molecule has 2 heteroatoms. The highest BCUT2D eigenvalue weighted by atomic mass is 16.2. The molecule has 0 radical (unpaired) electrons. The highest BCUT2D eigenvalue weighted by molar-refractivity contribution is 5.85. The van der Waals surface area contributed by atoms with Crippen molar-refractivity contribution in [2.75, 3.05) is 0 Å². The standard InChI is InChI=1S/C9H15NO/c1-7-6-9(8(11)10-7)4-2-3-5-9/h7H,2-6H2,1H3,(H,10,11). The average Bonchev–Trinajstić information content (AvgIpc) is 2.45. The van der Waals surface area contributed by atoms with Crippen molar-refractivity contribution in [2.24, 2.45) is 5.41 Å². The maximum Gasteiger partial charge on any atom is 0.226 e. The fourth-order valence-electron chi connectivity index (χ4n) is 2.59. The third kappa shape index (κ3) is 0.959. The van der Waals surface area contributed by atoms with E-state index in [2.05, 4.69) is 12.2 Å². The molecule has 1 amide bonds. The van der Waals surface area contributed by atoms with Crippen LogP contribution in [0.5, 0.6) is 0 Å². The maximum atomic E-state index is 11.5. The van der Waals surface area contributed by atoms with Gasteiger partial charge in [-0.25, -0.2) is 0 Å². The van der Waals surface area contributed by atoms with Crippen molar-refractivity contribution in [1.82, 2.24) is 5.32 Å². The summed E-state index contributed by atoms with van der Waals surface area (Å²) >= 11 is 0. The molecule has 1 atom stereocenters. The molecule has 1 saturated heterocycles. The van der Waals surface area contributed by atoms with E-state index < -0.39 is 0 Å². The summed E-state index contributed by atoms with van der Waals surface area (Å²) < 4.78 is 0. The van der Waals surface area contributed by atoms with Crippen LogP contribution in [0, 0.1) is 5.41 Å². The van der Waals surface area contributed by atoms with E-state index in [1.807, 2.05) is 0 Å². The van der Waals surface area contributed by atoms with E-state index in [9.17, 15) is 4.79 Å². The van der Waals surface area contributed by atoms with Crippen LogP contribution in [-0.2, 0) is 4.79 Å². The van der Waals surface area contributed by atoms with Crippen LogP contribution in [0.2, 0.25) is 0 Å². The largest absolute Gasteiger partial charge is 0.353 e. The molecule has 1 aliphatic carbocycles. The third-order valence-electron chi connectivity index (χ3n) is 3.12. The molecule has 0 aromatic rings. The van der Waals surface area contributed by atoms with Gasteiger partial charge in [-0.15, -0.1) is 0 Å². The van der Waals surface area contributed by atoms with E-state index >= 15 is 0 Å². The molecule has 1 saturated carbocycles. The number of carbonyl (C=O) groups is 1. The average molecular weight is 153 g/mol. The lowest BCUT2D eigenvalue weighted by Crippen LogP contribution is -2.29. The Bertz CT molecular complexity index is 182. The zero-order valence-corrected chi connectivity index (χ0v) is 7.02. The van der Waals surface area contributed by atoms with Crippen molar-refractivity contribution in [3.05, 3.63) is 0 Å². The van der Waals surface area contributed by atoms with Gasteiger partial charge < -0.3 is 5.32 Å². The van der Waals surface area contributed by atoms with Crippen molar-refractivity contribution >= 4 is 5.91 Å². The first-order chi connectivity index (χ1) is 5.23. The Morgan fingerprint density at radius 2 is 2.09 bits per heavy atom. The van der Waals surface area contributed by atoms with E-state index in [0.29, 0.717) is 11.9 Å². The third-order valence-corrected chi connectivity index (χ3v) is 3.12. The van der Waals surface area contributed by atoms with Gasteiger partial charge in [-0.05, 0) is 26.2 Å². The zero-order valence-electron chi connectivity index (χ0n) is 7.02. The van der Waals surface area contributed by atoms with Crippen molar-refractivity contribution in [3.63, 3.8) is 0 Å². The van der Waals surface area contributed by atoms with Gasteiger partial charge in [0.05, 0.1) is 5.41 Å². The molecule has 0 bridgehead atoms. The molecule has 62 valence electrons. The van der Waals surface area contributed by atoms with Gasteiger partial charge >= 0.3 is 0 Å². The summed E-state index contributed by atoms with van der Waals surface area (Å²) in [5.74, 6) is 0.322. The Balaban J connectivity index is 2.18. The molecule has 2 aliphatic rings. The number of hydrogen-bond acceptors (Lipinski definition) is 1. The number of rotatable bonds is 0. The topological polar surface area (TPSA) is 29.1 Å². The van der Waals surface area contributed by atoms with Crippen LogP contribution in [0.1, 0.15) is 39.0 Å². The fourth-order valence-corrected chi connectivity index (χ4v) is 2.59. The zero-order chi connectivity index (χ0) is 7.90. The Hall–Kier alpha value is -0.530. The van der Waals surface area contributed by atoms with Gasteiger partial charge in [-0.1, -0.05) is 12.8 Å². The molecular formula is C9H15NO. The molecule has 1 heterocycles. The van der Waals surface area contributed by atoms with E-state index in [0.717, 1.165) is 19.3 Å². The Morgan fingerprint density at radius 3 is 2.55 bits per heavy atom. The number of carbonyl (C=O) groups excluding carboxylic acids is 1. The molecule has 2 nitrogen and oxygen atoms in total. The van der Waals surface area contributed by atoms with Gasteiger partial charge in [-0.3, -0.25) is 4.79 Å². The lowest BCUT2D eigenvalue weighted by Gasteiger charge is -2.17. The fraction of sp³-hybridized carbons (Fsp3) is 0.889. The quantitative estimate of drug-likeness (QED) is 0.560. The normalized spacial score (nSPS) is 34.6. The number of amides is 1. The summed E-state index contributed by atoms with van der Waals surface area (Å²) in [4.78, 5) is 11.5. The monoisotopic (exact) mass is 153 g/mol. The Morgan fingerprint density at radius 1 is 1.45 bits per heavy atom. The van der Waals surface area contributed by atoms with Crippen LogP contribution in [0.25, 0.3) is 0 Å². The summed E-state index contributed by atoms with van der Waals surface area (Å²) in [5.41, 5.74) is 0.0689. The maximum absolute atomic E-state index is 11.5. The molecule has 0 aromatic heterocycles. The van der Waals surface area contributed by atoms with Gasteiger partial charge in [0.15, 0.2) is 0 Å². The first-order valence-corrected chi connectivity index (χ1v) is 4.54. The van der Waals surface area contributed by atoms with Crippen molar-refractivity contribution in [1.29, 1.82) is 0 Å². The molecule has 1 N–H and O–H groups in total. The molecule has 1 unspecified atom stereocenters. The summed E-state index contributed by atoms with van der Waals surface area (Å²) in [6.07, 6.45) is 5.83. The first kappa shape index (κ1) is 7.14. The van der Waals surface area contributed by atoms with Crippen LogP contribution in [0.15, 0.2) is 0 Å². The smallest absolute Gasteiger partial charge is 0.226 e. The second kappa shape index (κ2) is 2.23. The molecule has 11 heavy (non-hydrogen) atoms. The predicted octanol–water partition coefficient (Wildman–Crippen LogP) is 1.46. The van der Waals surface area contributed by atoms with Gasteiger partial charge in [0.25, 0.3) is 0 Å². The molecule has 1 aliphatic heterocycles. The number of hydrogen-bond donors (Lipinski definition) is 1. The van der Waals surface area contributed by atoms with Crippen molar-refractivity contribution in [3.8, 4) is 0 Å². The second-order valence-corrected chi connectivity index (χ2v) is 4.07. The SMILES string of the molecule is CC1CC2(CCCC2)C(=O)N1. The summed E-state index contributed by atoms with van der Waals surface area (Å²) in [5, 5.41) is 3.01. The molecular weight excluding hydrogens is 138 g/mol. The van der Waals surface area contributed by atoms with Crippen molar-refractivity contribution in [2.45, 2.75) is 45.1 Å². The van der Waals surface area contributed by atoms with Crippen LogP contribution in [0.4, 0.5) is 0 Å². The van der Waals surface area contributed by atoms with Crippen LogP contribution < -0.4 is 5.32 Å². The van der Waals surface area contributed by atoms with E-state index in [-0.39, 0.29) is 5.41 Å². The minimum atomic E-state index is 0.0689. The van der Waals surface area contributed by atoms with Gasteiger partial charge in [0, 0.05) is 6.04 Å². The Labute approximate surface area is 67.4 Å². The van der Waals surface area contributed by atoms with Crippen LogP contribution >= 0.6 is 0 Å². The van der Waals surface area contributed by atoms with E-state index in [1.165, 1.54) is 12.8 Å². The summed E-state index contributed by atoms with van der Waals surface area (Å²) in [6.45, 7) is 2.10. The molecule has 2 fully saturated rings. The second-order valence-electron chi connectivity index (χ2n) is 4.07. The van der Waals surface area contributed by atoms with Gasteiger partial charge in [0.2, 0.25) is 5.91 Å². The van der Waals surface area contributed by atoms with Crippen LogP contribution in [-0.4, -0.2) is 11.9 Å². The lowest BCUT2D eigenvalue weighted by atomic mass is 9.83. The number of nitrogens with one attached hydrogen (secondary N) is 1. The predicted molar refractivity (Wildman–Crippen MR) is 43.1 cm³/mol. The summed E-state index contributed by atoms with van der Waals surface area (Å²) in [6, 6.07) is 0.417.